The number of hydrogen-bond donors (Lipinski definition) is 2. The number of hydrogen-bond acceptors (Lipinski definition) is 3. The molecular weight excluding hydrogens is 200 g/mol. The Hall–Kier alpha value is -1.68. The first-order valence-electron chi connectivity index (χ1n) is 5.43. The molecule has 0 aliphatic carbocycles. The van der Waals surface area contributed by atoms with Gasteiger partial charge in [-0.25, -0.2) is 4.98 Å². The number of aromatic amines is 1. The zero-order chi connectivity index (χ0) is 11.4. The number of imidazole rings is 1. The van der Waals surface area contributed by atoms with Crippen molar-refractivity contribution < 1.29 is 0 Å². The normalized spacial score (nSPS) is 14.6. The van der Waals surface area contributed by atoms with E-state index in [0.29, 0.717) is 0 Å². The maximum atomic E-state index is 4.32. The third-order valence-electron chi connectivity index (χ3n) is 2.56. The van der Waals surface area contributed by atoms with E-state index >= 15 is 0 Å². The van der Waals surface area contributed by atoms with Crippen molar-refractivity contribution >= 4 is 0 Å². The van der Waals surface area contributed by atoms with E-state index in [1.54, 1.807) is 6.20 Å². The van der Waals surface area contributed by atoms with Crippen LogP contribution in [0.15, 0.2) is 36.8 Å². The standard InChI is InChI=1S/C12H16N4/c1-9(11-5-3-4-6-13-11)16-10(2)12-14-7-8-15-12/h3-10,16H,1-2H3,(H,14,15). The SMILES string of the molecule is CC(NC(C)c1ncc[nH]1)c1ccccn1. The highest BCUT2D eigenvalue weighted by molar-refractivity contribution is 5.08. The van der Waals surface area contributed by atoms with E-state index in [1.807, 2.05) is 30.6 Å². The van der Waals surface area contributed by atoms with Gasteiger partial charge in [0.05, 0.1) is 11.7 Å². The van der Waals surface area contributed by atoms with E-state index in [2.05, 4.69) is 34.1 Å². The van der Waals surface area contributed by atoms with Gasteiger partial charge < -0.3 is 4.98 Å². The minimum absolute atomic E-state index is 0.187. The number of pyridine rings is 1. The zero-order valence-corrected chi connectivity index (χ0v) is 9.51. The van der Waals surface area contributed by atoms with Crippen LogP contribution in [0, 0.1) is 0 Å². The molecule has 4 nitrogen and oxygen atoms in total. The average Bonchev–Trinajstić information content (AvgIpc) is 2.83. The fourth-order valence-corrected chi connectivity index (χ4v) is 1.69. The molecule has 0 fully saturated rings. The summed E-state index contributed by atoms with van der Waals surface area (Å²) >= 11 is 0. The van der Waals surface area contributed by atoms with Crippen LogP contribution in [0.4, 0.5) is 0 Å². The third kappa shape index (κ3) is 2.46. The maximum absolute atomic E-state index is 4.32. The van der Waals surface area contributed by atoms with Crippen molar-refractivity contribution in [1.29, 1.82) is 0 Å². The Morgan fingerprint density at radius 1 is 1.12 bits per heavy atom. The molecule has 0 aromatic carbocycles. The molecule has 0 aliphatic heterocycles. The summed E-state index contributed by atoms with van der Waals surface area (Å²) in [6.45, 7) is 4.18. The Kier molecular flexibility index (Phi) is 3.31. The van der Waals surface area contributed by atoms with E-state index in [1.165, 1.54) is 0 Å². The molecule has 0 aliphatic rings. The minimum atomic E-state index is 0.187. The predicted molar refractivity (Wildman–Crippen MR) is 62.8 cm³/mol. The molecule has 2 heterocycles. The zero-order valence-electron chi connectivity index (χ0n) is 9.51. The summed E-state index contributed by atoms with van der Waals surface area (Å²) in [4.78, 5) is 11.6. The Balaban J connectivity index is 2.00. The van der Waals surface area contributed by atoms with E-state index in [-0.39, 0.29) is 12.1 Å². The van der Waals surface area contributed by atoms with Gasteiger partial charge >= 0.3 is 0 Å². The first kappa shape index (κ1) is 10.8. The second-order valence-electron chi connectivity index (χ2n) is 3.84. The van der Waals surface area contributed by atoms with Gasteiger partial charge in [0.2, 0.25) is 0 Å². The van der Waals surface area contributed by atoms with E-state index in [9.17, 15) is 0 Å². The van der Waals surface area contributed by atoms with Gasteiger partial charge in [0, 0.05) is 24.6 Å². The molecule has 0 saturated heterocycles. The summed E-state index contributed by atoms with van der Waals surface area (Å²) in [5.41, 5.74) is 1.04. The first-order valence-corrected chi connectivity index (χ1v) is 5.43. The maximum Gasteiger partial charge on any atom is 0.122 e. The molecule has 0 saturated carbocycles. The van der Waals surface area contributed by atoms with Gasteiger partial charge in [0.15, 0.2) is 0 Å². The van der Waals surface area contributed by atoms with Gasteiger partial charge in [-0.3, -0.25) is 10.3 Å². The number of rotatable bonds is 4. The number of aromatic nitrogens is 3. The summed E-state index contributed by atoms with van der Waals surface area (Å²) in [7, 11) is 0. The topological polar surface area (TPSA) is 53.6 Å². The molecule has 2 rings (SSSR count). The fraction of sp³-hybridized carbons (Fsp3) is 0.333. The van der Waals surface area contributed by atoms with Crippen LogP contribution in [0.3, 0.4) is 0 Å². The lowest BCUT2D eigenvalue weighted by molar-refractivity contribution is 0.472. The van der Waals surface area contributed by atoms with Crippen LogP contribution in [0.25, 0.3) is 0 Å². The summed E-state index contributed by atoms with van der Waals surface area (Å²) in [5, 5.41) is 3.44. The van der Waals surface area contributed by atoms with Crippen LogP contribution < -0.4 is 5.32 Å². The van der Waals surface area contributed by atoms with Crippen molar-refractivity contribution in [2.24, 2.45) is 0 Å². The van der Waals surface area contributed by atoms with Crippen LogP contribution in [0.2, 0.25) is 0 Å². The Morgan fingerprint density at radius 2 is 2.00 bits per heavy atom. The molecule has 2 atom stereocenters. The molecule has 2 unspecified atom stereocenters. The van der Waals surface area contributed by atoms with Crippen molar-refractivity contribution in [2.45, 2.75) is 25.9 Å². The van der Waals surface area contributed by atoms with Crippen LogP contribution >= 0.6 is 0 Å². The summed E-state index contributed by atoms with van der Waals surface area (Å²) in [6.07, 6.45) is 5.41. The van der Waals surface area contributed by atoms with E-state index in [4.69, 9.17) is 0 Å². The average molecular weight is 216 g/mol. The van der Waals surface area contributed by atoms with Crippen LogP contribution in [0.1, 0.15) is 37.4 Å². The van der Waals surface area contributed by atoms with Gasteiger partial charge in [0.1, 0.15) is 5.82 Å². The van der Waals surface area contributed by atoms with Gasteiger partial charge in [-0.1, -0.05) is 6.07 Å². The molecule has 0 radical (unpaired) electrons. The van der Waals surface area contributed by atoms with E-state index in [0.717, 1.165) is 11.5 Å². The quantitative estimate of drug-likeness (QED) is 0.824. The van der Waals surface area contributed by atoms with Crippen molar-refractivity contribution in [1.82, 2.24) is 20.3 Å². The van der Waals surface area contributed by atoms with Crippen molar-refractivity contribution in [3.05, 3.63) is 48.3 Å². The van der Waals surface area contributed by atoms with Crippen molar-refractivity contribution in [3.8, 4) is 0 Å². The van der Waals surface area contributed by atoms with Gasteiger partial charge in [0.25, 0.3) is 0 Å². The van der Waals surface area contributed by atoms with Crippen molar-refractivity contribution in [2.75, 3.05) is 0 Å². The first-order chi connectivity index (χ1) is 7.77. The molecule has 0 bridgehead atoms. The summed E-state index contributed by atoms with van der Waals surface area (Å²) in [5.74, 6) is 0.947. The molecule has 2 aromatic heterocycles. The molecule has 0 spiro atoms. The summed E-state index contributed by atoms with van der Waals surface area (Å²) in [6, 6.07) is 6.34. The third-order valence-corrected chi connectivity index (χ3v) is 2.56. The van der Waals surface area contributed by atoms with E-state index < -0.39 is 0 Å². The van der Waals surface area contributed by atoms with Gasteiger partial charge in [-0.05, 0) is 26.0 Å². The lowest BCUT2D eigenvalue weighted by atomic mass is 10.2. The van der Waals surface area contributed by atoms with Crippen LogP contribution in [-0.2, 0) is 0 Å². The Labute approximate surface area is 95.1 Å². The van der Waals surface area contributed by atoms with Gasteiger partial charge in [-0.15, -0.1) is 0 Å². The second kappa shape index (κ2) is 4.90. The lowest BCUT2D eigenvalue weighted by Crippen LogP contribution is -2.23. The number of nitrogens with zero attached hydrogens (tertiary/aromatic N) is 2. The van der Waals surface area contributed by atoms with Crippen LogP contribution in [-0.4, -0.2) is 15.0 Å². The largest absolute Gasteiger partial charge is 0.347 e. The molecule has 2 N–H and O–H groups in total. The Bertz CT molecular complexity index is 410. The monoisotopic (exact) mass is 216 g/mol. The fourth-order valence-electron chi connectivity index (χ4n) is 1.69. The number of nitrogens with one attached hydrogen (secondary N) is 2. The minimum Gasteiger partial charge on any atom is -0.347 e. The highest BCUT2D eigenvalue weighted by atomic mass is 15.0. The smallest absolute Gasteiger partial charge is 0.122 e. The van der Waals surface area contributed by atoms with Gasteiger partial charge in [-0.2, -0.15) is 0 Å². The second-order valence-corrected chi connectivity index (χ2v) is 3.84. The molecule has 84 valence electrons. The highest BCUT2D eigenvalue weighted by Crippen LogP contribution is 2.14. The Morgan fingerprint density at radius 3 is 2.62 bits per heavy atom. The highest BCUT2D eigenvalue weighted by Gasteiger charge is 2.12. The molecule has 4 heteroatoms. The molecular formula is C12H16N4. The van der Waals surface area contributed by atoms with Crippen molar-refractivity contribution in [3.63, 3.8) is 0 Å². The number of H-pyrrole nitrogens is 1. The predicted octanol–water partition coefficient (Wildman–Crippen LogP) is 2.22. The molecule has 0 amide bonds. The molecule has 16 heavy (non-hydrogen) atoms. The molecule has 2 aromatic rings. The lowest BCUT2D eigenvalue weighted by Gasteiger charge is -2.17. The van der Waals surface area contributed by atoms with Crippen LogP contribution in [0.5, 0.6) is 0 Å². The summed E-state index contributed by atoms with van der Waals surface area (Å²) < 4.78 is 0.